The lowest BCUT2D eigenvalue weighted by Gasteiger charge is -2.31. The molecule has 1 N–H and O–H groups in total. The van der Waals surface area contributed by atoms with Gasteiger partial charge in [0, 0.05) is 73.1 Å². The van der Waals surface area contributed by atoms with Gasteiger partial charge in [-0.2, -0.15) is 0 Å². The van der Waals surface area contributed by atoms with Crippen molar-refractivity contribution >= 4 is 40.6 Å². The standard InChI is InChI=1S/C25H27IN4O4/c26-29-12-10-28(11-13-29)14-17-4-6-18(7-5-17)16-34-22-3-1-2-19-20(22)15-30(25(19)33)21-8-9-23(31)27-24(21)32/h1-7,21H,8-16H2,(H,27,31,32)/t21-/m1/s1. The minimum Gasteiger partial charge on any atom is -0.489 e. The summed E-state index contributed by atoms with van der Waals surface area (Å²) < 4.78 is 8.44. The quantitative estimate of drug-likeness (QED) is 0.325. The fourth-order valence-electron chi connectivity index (χ4n) is 4.73. The number of nitrogens with zero attached hydrogens (tertiary/aromatic N) is 3. The first-order valence-electron chi connectivity index (χ1n) is 11.6. The average Bonchev–Trinajstić information content (AvgIpc) is 3.17. The van der Waals surface area contributed by atoms with Gasteiger partial charge in [0.15, 0.2) is 0 Å². The Bertz CT molecular complexity index is 1100. The first-order valence-corrected chi connectivity index (χ1v) is 12.5. The molecule has 3 amide bonds. The molecule has 1 atom stereocenters. The third-order valence-corrected chi connectivity index (χ3v) is 7.65. The Balaban J connectivity index is 1.21. The van der Waals surface area contributed by atoms with Gasteiger partial charge in [0.25, 0.3) is 5.91 Å². The predicted molar refractivity (Wildman–Crippen MR) is 134 cm³/mol. The minimum absolute atomic E-state index is 0.192. The third kappa shape index (κ3) is 4.96. The van der Waals surface area contributed by atoms with Gasteiger partial charge in [-0.25, -0.2) is 3.11 Å². The molecule has 0 spiro atoms. The van der Waals surface area contributed by atoms with Crippen LogP contribution in [0.3, 0.4) is 0 Å². The number of carbonyl (C=O) groups is 3. The van der Waals surface area contributed by atoms with Crippen LogP contribution < -0.4 is 10.1 Å². The molecule has 2 aromatic carbocycles. The summed E-state index contributed by atoms with van der Waals surface area (Å²) in [5.74, 6) is -0.233. The van der Waals surface area contributed by atoms with Gasteiger partial charge < -0.3 is 9.64 Å². The molecule has 0 bridgehead atoms. The molecule has 5 rings (SSSR count). The lowest BCUT2D eigenvalue weighted by Crippen LogP contribution is -2.52. The molecule has 3 aliphatic rings. The maximum Gasteiger partial charge on any atom is 0.255 e. The Morgan fingerprint density at radius 1 is 0.971 bits per heavy atom. The van der Waals surface area contributed by atoms with E-state index in [4.69, 9.17) is 4.74 Å². The van der Waals surface area contributed by atoms with Crippen molar-refractivity contribution in [3.63, 3.8) is 0 Å². The molecule has 8 nitrogen and oxygen atoms in total. The van der Waals surface area contributed by atoms with Gasteiger partial charge in [-0.3, -0.25) is 24.6 Å². The van der Waals surface area contributed by atoms with Crippen molar-refractivity contribution in [1.82, 2.24) is 18.2 Å². The number of imide groups is 1. The van der Waals surface area contributed by atoms with Crippen molar-refractivity contribution in [2.45, 2.75) is 38.6 Å². The number of fused-ring (bicyclic) bond motifs is 1. The highest BCUT2D eigenvalue weighted by Crippen LogP contribution is 2.34. The van der Waals surface area contributed by atoms with Crippen LogP contribution in [0.15, 0.2) is 42.5 Å². The van der Waals surface area contributed by atoms with Gasteiger partial charge in [0.1, 0.15) is 18.4 Å². The zero-order valence-electron chi connectivity index (χ0n) is 18.8. The van der Waals surface area contributed by atoms with Crippen LogP contribution in [0.25, 0.3) is 0 Å². The summed E-state index contributed by atoms with van der Waals surface area (Å²) in [5, 5.41) is 2.34. The molecule has 178 valence electrons. The molecule has 0 saturated carbocycles. The van der Waals surface area contributed by atoms with E-state index >= 15 is 0 Å². The van der Waals surface area contributed by atoms with E-state index in [0.29, 0.717) is 30.9 Å². The summed E-state index contributed by atoms with van der Waals surface area (Å²) in [6.45, 7) is 6.02. The summed E-state index contributed by atoms with van der Waals surface area (Å²) in [5.41, 5.74) is 3.70. The molecule has 9 heteroatoms. The van der Waals surface area contributed by atoms with Crippen molar-refractivity contribution in [2.24, 2.45) is 0 Å². The molecule has 0 aromatic heterocycles. The molecule has 34 heavy (non-hydrogen) atoms. The molecular weight excluding hydrogens is 547 g/mol. The maximum absolute atomic E-state index is 13.0. The number of rotatable bonds is 6. The van der Waals surface area contributed by atoms with E-state index < -0.39 is 11.9 Å². The highest BCUT2D eigenvalue weighted by Gasteiger charge is 2.40. The zero-order chi connectivity index (χ0) is 23.7. The second kappa shape index (κ2) is 10.0. The van der Waals surface area contributed by atoms with Crippen molar-refractivity contribution in [3.05, 3.63) is 64.7 Å². The van der Waals surface area contributed by atoms with Crippen molar-refractivity contribution in [3.8, 4) is 5.75 Å². The molecule has 2 saturated heterocycles. The van der Waals surface area contributed by atoms with Crippen molar-refractivity contribution in [1.29, 1.82) is 0 Å². The number of piperidine rings is 1. The number of hydrogen-bond donors (Lipinski definition) is 1. The normalized spacial score (nSPS) is 21.5. The predicted octanol–water partition coefficient (Wildman–Crippen LogP) is 2.49. The smallest absolute Gasteiger partial charge is 0.255 e. The van der Waals surface area contributed by atoms with Gasteiger partial charge in [0.05, 0.1) is 6.54 Å². The van der Waals surface area contributed by atoms with Crippen LogP contribution in [-0.2, 0) is 29.3 Å². The molecule has 0 unspecified atom stereocenters. The van der Waals surface area contributed by atoms with Crippen molar-refractivity contribution in [2.75, 3.05) is 26.2 Å². The highest BCUT2D eigenvalue weighted by atomic mass is 127. The minimum atomic E-state index is -0.627. The Morgan fingerprint density at radius 2 is 1.71 bits per heavy atom. The maximum atomic E-state index is 13.0. The first kappa shape index (κ1) is 23.3. The monoisotopic (exact) mass is 574 g/mol. The van der Waals surface area contributed by atoms with Crippen LogP contribution in [0.5, 0.6) is 5.75 Å². The van der Waals surface area contributed by atoms with Gasteiger partial charge in [-0.15, -0.1) is 0 Å². The van der Waals surface area contributed by atoms with E-state index in [9.17, 15) is 14.4 Å². The Labute approximate surface area is 212 Å². The van der Waals surface area contributed by atoms with E-state index in [1.807, 2.05) is 6.07 Å². The summed E-state index contributed by atoms with van der Waals surface area (Å²) in [7, 11) is 0. The van der Waals surface area contributed by atoms with Gasteiger partial charge in [-0.05, 0) is 29.7 Å². The third-order valence-electron chi connectivity index (χ3n) is 6.68. The SMILES string of the molecule is O=C1CC[C@@H](N2Cc3c(OCc4ccc(CN5CCN(I)CC5)cc4)cccc3C2=O)C(=O)N1. The van der Waals surface area contributed by atoms with Gasteiger partial charge in [-0.1, -0.05) is 30.3 Å². The highest BCUT2D eigenvalue weighted by molar-refractivity contribution is 14.1. The van der Waals surface area contributed by atoms with Crippen molar-refractivity contribution < 1.29 is 19.1 Å². The molecule has 0 aliphatic carbocycles. The second-order valence-electron chi connectivity index (χ2n) is 8.97. The summed E-state index contributed by atoms with van der Waals surface area (Å²) in [4.78, 5) is 40.8. The lowest BCUT2D eigenvalue weighted by atomic mass is 10.0. The van der Waals surface area contributed by atoms with Crippen LogP contribution in [0.2, 0.25) is 0 Å². The van der Waals surface area contributed by atoms with E-state index in [0.717, 1.165) is 43.9 Å². The van der Waals surface area contributed by atoms with Gasteiger partial charge >= 0.3 is 0 Å². The number of benzene rings is 2. The topological polar surface area (TPSA) is 82.2 Å². The number of hydrogen-bond acceptors (Lipinski definition) is 6. The molecule has 3 heterocycles. The van der Waals surface area contributed by atoms with E-state index in [1.54, 1.807) is 17.0 Å². The molecule has 2 fully saturated rings. The van der Waals surface area contributed by atoms with E-state index in [2.05, 4.69) is 60.5 Å². The van der Waals surface area contributed by atoms with Gasteiger partial charge in [0.2, 0.25) is 11.8 Å². The van der Waals surface area contributed by atoms with Crippen LogP contribution >= 0.6 is 22.9 Å². The lowest BCUT2D eigenvalue weighted by molar-refractivity contribution is -0.136. The average molecular weight is 574 g/mol. The van der Waals surface area contributed by atoms with Crippen LogP contribution in [0, 0.1) is 0 Å². The number of piperazine rings is 1. The molecular formula is C25H27IN4O4. The fourth-order valence-corrected chi connectivity index (χ4v) is 5.17. The molecule has 3 aliphatic heterocycles. The number of nitrogens with one attached hydrogen (secondary N) is 1. The van der Waals surface area contributed by atoms with Crippen LogP contribution in [-0.4, -0.2) is 62.9 Å². The van der Waals surface area contributed by atoms with E-state index in [-0.39, 0.29) is 18.2 Å². The van der Waals surface area contributed by atoms with Crippen LogP contribution in [0.1, 0.15) is 39.9 Å². The summed E-state index contributed by atoms with van der Waals surface area (Å²) in [6.07, 6.45) is 0.588. The Kier molecular flexibility index (Phi) is 6.84. The first-order chi connectivity index (χ1) is 16.5. The molecule has 0 radical (unpaired) electrons. The number of halogens is 1. The van der Waals surface area contributed by atoms with Crippen LogP contribution in [0.4, 0.5) is 0 Å². The van der Waals surface area contributed by atoms with E-state index in [1.165, 1.54) is 5.56 Å². The fraction of sp³-hybridized carbons (Fsp3) is 0.400. The Hall–Kier alpha value is -2.50. The largest absolute Gasteiger partial charge is 0.489 e. The number of amides is 3. The zero-order valence-corrected chi connectivity index (χ0v) is 21.0. The second-order valence-corrected chi connectivity index (χ2v) is 10.3. The Morgan fingerprint density at radius 3 is 2.44 bits per heavy atom. The number of carbonyl (C=O) groups excluding carboxylic acids is 3. The molecule has 2 aromatic rings. The summed E-state index contributed by atoms with van der Waals surface area (Å²) in [6, 6.07) is 13.3. The number of ether oxygens (including phenoxy) is 1. The summed E-state index contributed by atoms with van der Waals surface area (Å²) >= 11 is 2.38.